The highest BCUT2D eigenvalue weighted by Crippen LogP contribution is 2.49. The van der Waals surface area contributed by atoms with Crippen molar-refractivity contribution in [3.63, 3.8) is 0 Å². The molecule has 1 rings (SSSR count). The second-order valence-corrected chi connectivity index (χ2v) is 14.8. The summed E-state index contributed by atoms with van der Waals surface area (Å²) in [6.45, 7) is 0.531. The van der Waals surface area contributed by atoms with Gasteiger partial charge in [0.1, 0.15) is 43.2 Å². The molecule has 0 aromatic carbocycles. The minimum Gasteiger partial charge on any atom is -0.456 e. The number of rotatable bonds is 24. The molecule has 0 bridgehead atoms. The van der Waals surface area contributed by atoms with Crippen molar-refractivity contribution in [3.05, 3.63) is 0 Å². The molecule has 1 aliphatic rings. The van der Waals surface area contributed by atoms with Crippen molar-refractivity contribution in [2.75, 3.05) is 13.2 Å². The van der Waals surface area contributed by atoms with Crippen molar-refractivity contribution in [2.45, 2.75) is 140 Å². The van der Waals surface area contributed by atoms with Gasteiger partial charge in [-0.05, 0) is 53.8 Å². The molecule has 1 fully saturated rings. The normalized spacial score (nSPS) is 21.7. The van der Waals surface area contributed by atoms with Crippen LogP contribution in [-0.4, -0.2) is 103 Å². The number of aliphatic hydroxyl groups is 4. The zero-order valence-corrected chi connectivity index (χ0v) is 32.6. The van der Waals surface area contributed by atoms with Crippen molar-refractivity contribution < 1.29 is 89.7 Å². The molecule has 326 valence electrons. The first-order chi connectivity index (χ1) is 25.6. The lowest BCUT2D eigenvalue weighted by atomic mass is 9.85. The molecule has 1 aliphatic carbocycles. The predicted molar refractivity (Wildman–Crippen MR) is 217 cm³/mol. The van der Waals surface area contributed by atoms with E-state index in [0.29, 0.717) is 6.42 Å². The van der Waals surface area contributed by atoms with Crippen LogP contribution in [0.4, 0.5) is 0 Å². The van der Waals surface area contributed by atoms with E-state index in [0.717, 1.165) is 32.1 Å². The molecule has 0 spiro atoms. The van der Waals surface area contributed by atoms with E-state index in [1.165, 1.54) is 44.9 Å². The van der Waals surface area contributed by atoms with Gasteiger partial charge in [0, 0.05) is 25.2 Å². The fraction of sp³-hybridized carbons (Fsp3) is 0.667. The first-order valence-electron chi connectivity index (χ1n) is 17.6. The van der Waals surface area contributed by atoms with Gasteiger partial charge in [0.15, 0.2) is 6.10 Å². The summed E-state index contributed by atoms with van der Waals surface area (Å²) in [6.07, 6.45) is 3.94. The molecule has 19 heteroatoms. The average Bonchev–Trinajstić information content (AvgIpc) is 3.11. The molecule has 1 saturated carbocycles. The lowest BCUT2D eigenvalue weighted by molar-refractivity contribution is -0.216. The number of ether oxygens (including phenoxy) is 2. The van der Waals surface area contributed by atoms with Gasteiger partial charge in [0.05, 0.1) is 6.61 Å². The van der Waals surface area contributed by atoms with Crippen LogP contribution in [0.2, 0.25) is 0 Å². The van der Waals surface area contributed by atoms with Gasteiger partial charge in [-0.2, -0.15) is 0 Å². The monoisotopic (exact) mass is 835 g/mol. The number of aliphatic hydroxyl groups excluding tert-OH is 4. The third-order valence-corrected chi connectivity index (χ3v) is 9.28. The van der Waals surface area contributed by atoms with Crippen molar-refractivity contribution >= 4 is 27.6 Å². The molecule has 4 unspecified atom stereocenters. The number of terminal acetylenes is 1. The fourth-order valence-electron chi connectivity index (χ4n) is 5.08. The second kappa shape index (κ2) is 29.1. The molecule has 0 radical (unpaired) electrons. The lowest BCUT2D eigenvalue weighted by Crippen LogP contribution is -2.64. The maximum Gasteiger partial charge on any atom is 0.472 e. The Kier molecular flexibility index (Phi) is 27.4. The maximum absolute atomic E-state index is 12.8. The molecular weight excluding hydrogens is 764 g/mol. The predicted octanol–water partition coefficient (Wildman–Crippen LogP) is 4.38. The summed E-state index contributed by atoms with van der Waals surface area (Å²) in [5.74, 6) is 18.2. The third-order valence-electron chi connectivity index (χ3n) is 7.78. The van der Waals surface area contributed by atoms with Crippen LogP contribution in [0.15, 0.2) is 0 Å². The summed E-state index contributed by atoms with van der Waals surface area (Å²) in [4.78, 5) is 53.3. The highest BCUT2D eigenvalue weighted by atomic mass is 31.2. The fourth-order valence-corrected chi connectivity index (χ4v) is 6.62. The molecular formula is C36H71NO16P2. The quantitative estimate of drug-likeness (QED) is 0.0220. The third kappa shape index (κ3) is 24.1. The summed E-state index contributed by atoms with van der Waals surface area (Å²) < 4.78 is 48.3. The summed E-state index contributed by atoms with van der Waals surface area (Å²) in [6, 6.07) is 0. The first kappa shape index (κ1) is 51.8. The van der Waals surface area contributed by atoms with Crippen LogP contribution in [0.3, 0.4) is 0 Å². The molecule has 10 N–H and O–H groups in total. The van der Waals surface area contributed by atoms with Crippen LogP contribution in [-0.2, 0) is 41.8 Å². The number of unbranched alkanes of at least 4 members (excludes halogenated alkanes) is 12. The SMILES string of the molecule is C#CC#CC#CC#CC#CC(=O)OC[C@H](COP(=O)(O)OC1C(O)[C@@H](OP(=O)(O)O)C(O)[C@@H](O)[C@H]1O)OC(=O)CCCCCCCCCCCCCCC.N.[HH].[HH].[HH].[HH].[HH].[HH].[HH].[HH].[HH]. The van der Waals surface area contributed by atoms with E-state index >= 15 is 0 Å². The van der Waals surface area contributed by atoms with E-state index in [1.807, 2.05) is 5.92 Å². The molecule has 0 heterocycles. The summed E-state index contributed by atoms with van der Waals surface area (Å²) in [7, 11) is -10.7. The van der Waals surface area contributed by atoms with Crippen molar-refractivity contribution in [2.24, 2.45) is 0 Å². The molecule has 0 saturated heterocycles. The summed E-state index contributed by atoms with van der Waals surface area (Å²) >= 11 is 0. The minimum absolute atomic E-state index is 0. The summed E-state index contributed by atoms with van der Waals surface area (Å²) in [5, 5.41) is 40.8. The average molecular weight is 836 g/mol. The highest BCUT2D eigenvalue weighted by molar-refractivity contribution is 7.47. The lowest BCUT2D eigenvalue weighted by Gasteiger charge is -2.43. The van der Waals surface area contributed by atoms with Gasteiger partial charge in [0.2, 0.25) is 0 Å². The Morgan fingerprint density at radius 3 is 1.65 bits per heavy atom. The van der Waals surface area contributed by atoms with Gasteiger partial charge in [-0.1, -0.05) is 84.0 Å². The van der Waals surface area contributed by atoms with E-state index < -0.39 is 83.5 Å². The van der Waals surface area contributed by atoms with Gasteiger partial charge < -0.3 is 50.7 Å². The standard InChI is InChI=1S/C36H50O16P2.H3N.9H2/c1-3-5-7-9-11-13-14-15-16-17-19-21-23-25-30(38)50-28(26-48-29(37)24-22-20-18-12-10-8-6-4-2)27-49-54(46,47)52-36-33(41)31(39)32(40)35(34(36)42)51-53(43,44)45;;;;;;;;;;/h2,28,31-36,39-42H,3,5,7,9,11,13-17,19,21,23,25-27H2,1H3,(H,46,47)(H2,43,44,45);1H3;9*1H/t28-,31-,32?,33-,34?,35+,36?;;;;;;;;;;/m1........../s1. The number of hydrogen-bond donors (Lipinski definition) is 8. The van der Waals surface area contributed by atoms with Crippen LogP contribution in [0.25, 0.3) is 0 Å². The van der Waals surface area contributed by atoms with Crippen molar-refractivity contribution in [1.29, 1.82) is 0 Å². The van der Waals surface area contributed by atoms with Gasteiger partial charge in [0.25, 0.3) is 0 Å². The number of hydrogen-bond acceptors (Lipinski definition) is 14. The zero-order valence-electron chi connectivity index (χ0n) is 30.8. The van der Waals surface area contributed by atoms with Crippen molar-refractivity contribution in [1.82, 2.24) is 6.15 Å². The smallest absolute Gasteiger partial charge is 0.456 e. The highest BCUT2D eigenvalue weighted by Gasteiger charge is 2.54. The molecule has 0 amide bonds. The Labute approximate surface area is 336 Å². The van der Waals surface area contributed by atoms with Gasteiger partial charge >= 0.3 is 27.6 Å². The van der Waals surface area contributed by atoms with Crippen LogP contribution >= 0.6 is 15.6 Å². The number of esters is 2. The van der Waals surface area contributed by atoms with E-state index in [2.05, 4.69) is 58.8 Å². The molecule has 8 atom stereocenters. The molecule has 0 aromatic rings. The second-order valence-electron chi connectivity index (χ2n) is 12.2. The zero-order chi connectivity index (χ0) is 40.4. The summed E-state index contributed by atoms with van der Waals surface area (Å²) in [5.41, 5.74) is 0. The maximum atomic E-state index is 12.8. The molecule has 0 aromatic heterocycles. The minimum atomic E-state index is -5.38. The van der Waals surface area contributed by atoms with Crippen LogP contribution < -0.4 is 6.15 Å². The van der Waals surface area contributed by atoms with E-state index in [4.69, 9.17) is 34.7 Å². The number of phosphoric acid groups is 2. The largest absolute Gasteiger partial charge is 0.472 e. The Morgan fingerprint density at radius 1 is 0.673 bits per heavy atom. The van der Waals surface area contributed by atoms with Crippen LogP contribution in [0, 0.1) is 59.7 Å². The van der Waals surface area contributed by atoms with E-state index in [-0.39, 0.29) is 25.4 Å². The van der Waals surface area contributed by atoms with Crippen molar-refractivity contribution in [3.8, 4) is 59.7 Å². The Bertz CT molecular complexity index is 1600. The Hall–Kier alpha value is -3.24. The topological polar surface area (TPSA) is 291 Å². The Morgan fingerprint density at radius 2 is 1.15 bits per heavy atom. The van der Waals surface area contributed by atoms with Crippen LogP contribution in [0.5, 0.6) is 0 Å². The van der Waals surface area contributed by atoms with Crippen LogP contribution in [0.1, 0.15) is 110 Å². The first-order valence-corrected chi connectivity index (χ1v) is 20.6. The number of carbonyl (C=O) groups excluding carboxylic acids is 2. The molecule has 0 aliphatic heterocycles. The molecule has 17 nitrogen and oxygen atoms in total. The van der Waals surface area contributed by atoms with Gasteiger partial charge in [-0.25, -0.2) is 13.9 Å². The molecule has 55 heavy (non-hydrogen) atoms. The van der Waals surface area contributed by atoms with E-state index in [1.54, 1.807) is 0 Å². The van der Waals surface area contributed by atoms with Gasteiger partial charge in [-0.15, -0.1) is 6.42 Å². The number of carbonyl (C=O) groups is 2. The number of phosphoric ester groups is 2. The Balaban J connectivity index is -0.000000364. The van der Waals surface area contributed by atoms with E-state index in [9.17, 15) is 44.0 Å². The van der Waals surface area contributed by atoms with Gasteiger partial charge in [-0.3, -0.25) is 18.4 Å².